The zero-order valence-electron chi connectivity index (χ0n) is 9.25. The molecule has 0 rings (SSSR count). The molecule has 4 nitrogen and oxygen atoms in total. The second-order valence-electron chi connectivity index (χ2n) is 3.44. The van der Waals surface area contributed by atoms with Gasteiger partial charge in [0.05, 0.1) is 6.61 Å². The van der Waals surface area contributed by atoms with E-state index in [1.165, 1.54) is 24.2 Å². The third-order valence-corrected chi connectivity index (χ3v) is 2.09. The smallest absolute Gasteiger partial charge is 0.317 e. The maximum Gasteiger partial charge on any atom is 0.317 e. The van der Waals surface area contributed by atoms with Gasteiger partial charge in [0, 0.05) is 20.1 Å². The molecule has 14 heavy (non-hydrogen) atoms. The van der Waals surface area contributed by atoms with Crippen LogP contribution < -0.4 is 5.32 Å². The zero-order chi connectivity index (χ0) is 10.8. The molecule has 0 aliphatic heterocycles. The fourth-order valence-electron chi connectivity index (χ4n) is 1.13. The van der Waals surface area contributed by atoms with Gasteiger partial charge in [-0.1, -0.05) is 26.2 Å². The lowest BCUT2D eigenvalue weighted by Crippen LogP contribution is -2.39. The molecule has 0 bridgehead atoms. The summed E-state index contributed by atoms with van der Waals surface area (Å²) in [5.41, 5.74) is 0. The Labute approximate surface area is 86.3 Å². The van der Waals surface area contributed by atoms with Crippen molar-refractivity contribution in [1.29, 1.82) is 0 Å². The number of urea groups is 1. The van der Waals surface area contributed by atoms with Crippen LogP contribution in [0.5, 0.6) is 0 Å². The van der Waals surface area contributed by atoms with E-state index in [-0.39, 0.29) is 12.6 Å². The molecule has 0 saturated heterocycles. The van der Waals surface area contributed by atoms with Crippen LogP contribution in [-0.4, -0.2) is 42.8 Å². The minimum atomic E-state index is -0.101. The molecule has 4 heteroatoms. The Morgan fingerprint density at radius 2 is 2.07 bits per heavy atom. The van der Waals surface area contributed by atoms with Crippen LogP contribution in [0.25, 0.3) is 0 Å². The number of carbonyl (C=O) groups excluding carboxylic acids is 1. The van der Waals surface area contributed by atoms with Crippen molar-refractivity contribution in [2.75, 3.05) is 26.7 Å². The average Bonchev–Trinajstić information content (AvgIpc) is 2.17. The SMILES string of the molecule is CCCCCCNC(=O)N(C)CCO. The van der Waals surface area contributed by atoms with Crippen LogP contribution in [0.1, 0.15) is 32.6 Å². The van der Waals surface area contributed by atoms with E-state index < -0.39 is 0 Å². The monoisotopic (exact) mass is 202 g/mol. The Kier molecular flexibility index (Phi) is 8.33. The van der Waals surface area contributed by atoms with E-state index in [1.807, 2.05) is 0 Å². The summed E-state index contributed by atoms with van der Waals surface area (Å²) in [6.07, 6.45) is 4.63. The molecular weight excluding hydrogens is 180 g/mol. The summed E-state index contributed by atoms with van der Waals surface area (Å²) >= 11 is 0. The maximum absolute atomic E-state index is 11.3. The van der Waals surface area contributed by atoms with E-state index >= 15 is 0 Å². The molecule has 2 N–H and O–H groups in total. The highest BCUT2D eigenvalue weighted by atomic mass is 16.3. The highest BCUT2D eigenvalue weighted by molar-refractivity contribution is 5.73. The highest BCUT2D eigenvalue weighted by Crippen LogP contribution is 1.97. The summed E-state index contributed by atoms with van der Waals surface area (Å²) in [6, 6.07) is -0.101. The molecule has 0 fully saturated rings. The minimum Gasteiger partial charge on any atom is -0.395 e. The van der Waals surface area contributed by atoms with Crippen LogP contribution >= 0.6 is 0 Å². The van der Waals surface area contributed by atoms with Gasteiger partial charge in [0.1, 0.15) is 0 Å². The third kappa shape index (κ3) is 6.71. The molecule has 0 aliphatic rings. The van der Waals surface area contributed by atoms with Gasteiger partial charge in [-0.2, -0.15) is 0 Å². The summed E-state index contributed by atoms with van der Waals surface area (Å²) in [4.78, 5) is 12.8. The Balaban J connectivity index is 3.34. The van der Waals surface area contributed by atoms with Gasteiger partial charge in [-0.25, -0.2) is 4.79 Å². The van der Waals surface area contributed by atoms with Crippen molar-refractivity contribution in [3.05, 3.63) is 0 Å². The van der Waals surface area contributed by atoms with E-state index in [0.717, 1.165) is 13.0 Å². The van der Waals surface area contributed by atoms with Crippen LogP contribution in [-0.2, 0) is 0 Å². The number of amides is 2. The normalized spacial score (nSPS) is 9.93. The lowest BCUT2D eigenvalue weighted by Gasteiger charge is -2.16. The number of nitrogens with zero attached hydrogens (tertiary/aromatic N) is 1. The first-order chi connectivity index (χ1) is 6.72. The van der Waals surface area contributed by atoms with Crippen LogP contribution in [0.3, 0.4) is 0 Å². The van der Waals surface area contributed by atoms with Gasteiger partial charge in [0.2, 0.25) is 0 Å². The molecule has 0 heterocycles. The topological polar surface area (TPSA) is 52.6 Å². The summed E-state index contributed by atoms with van der Waals surface area (Å²) in [5, 5.41) is 11.4. The van der Waals surface area contributed by atoms with Crippen molar-refractivity contribution in [2.24, 2.45) is 0 Å². The molecule has 0 aliphatic carbocycles. The number of hydrogen-bond donors (Lipinski definition) is 2. The fourth-order valence-corrected chi connectivity index (χ4v) is 1.13. The zero-order valence-corrected chi connectivity index (χ0v) is 9.25. The van der Waals surface area contributed by atoms with Crippen molar-refractivity contribution < 1.29 is 9.90 Å². The number of aliphatic hydroxyl groups excluding tert-OH is 1. The minimum absolute atomic E-state index is 0.0136. The Bertz CT molecular complexity index is 151. The number of rotatable bonds is 7. The van der Waals surface area contributed by atoms with Gasteiger partial charge < -0.3 is 15.3 Å². The van der Waals surface area contributed by atoms with E-state index in [2.05, 4.69) is 12.2 Å². The van der Waals surface area contributed by atoms with Crippen molar-refractivity contribution in [3.63, 3.8) is 0 Å². The first-order valence-corrected chi connectivity index (χ1v) is 5.32. The summed E-state index contributed by atoms with van der Waals surface area (Å²) in [7, 11) is 1.68. The van der Waals surface area contributed by atoms with Crippen molar-refractivity contribution in [1.82, 2.24) is 10.2 Å². The molecule has 0 aromatic carbocycles. The van der Waals surface area contributed by atoms with Crippen molar-refractivity contribution in [2.45, 2.75) is 32.6 Å². The predicted molar refractivity (Wildman–Crippen MR) is 57.3 cm³/mol. The molecule has 0 saturated carbocycles. The van der Waals surface area contributed by atoms with Gasteiger partial charge in [-0.15, -0.1) is 0 Å². The molecule has 2 amide bonds. The molecule has 0 spiro atoms. The number of unbranched alkanes of at least 4 members (excludes halogenated alkanes) is 3. The van der Waals surface area contributed by atoms with Gasteiger partial charge in [-0.05, 0) is 6.42 Å². The number of carbonyl (C=O) groups is 1. The largest absolute Gasteiger partial charge is 0.395 e. The van der Waals surface area contributed by atoms with Crippen molar-refractivity contribution in [3.8, 4) is 0 Å². The standard InChI is InChI=1S/C10H22N2O2/c1-3-4-5-6-7-11-10(14)12(2)8-9-13/h13H,3-9H2,1-2H3,(H,11,14). The van der Waals surface area contributed by atoms with Gasteiger partial charge >= 0.3 is 6.03 Å². The third-order valence-electron chi connectivity index (χ3n) is 2.09. The molecule has 0 aromatic rings. The Hall–Kier alpha value is -0.770. The lowest BCUT2D eigenvalue weighted by atomic mass is 10.2. The second-order valence-corrected chi connectivity index (χ2v) is 3.44. The van der Waals surface area contributed by atoms with E-state index in [1.54, 1.807) is 7.05 Å². The second kappa shape index (κ2) is 8.81. The Morgan fingerprint density at radius 3 is 2.64 bits per heavy atom. The molecule has 0 radical (unpaired) electrons. The number of hydrogen-bond acceptors (Lipinski definition) is 2. The van der Waals surface area contributed by atoms with Crippen LogP contribution in [0.4, 0.5) is 4.79 Å². The Morgan fingerprint density at radius 1 is 1.36 bits per heavy atom. The van der Waals surface area contributed by atoms with E-state index in [9.17, 15) is 4.79 Å². The quantitative estimate of drug-likeness (QED) is 0.609. The van der Waals surface area contributed by atoms with Gasteiger partial charge in [-0.3, -0.25) is 0 Å². The molecule has 0 unspecified atom stereocenters. The highest BCUT2D eigenvalue weighted by Gasteiger charge is 2.05. The lowest BCUT2D eigenvalue weighted by molar-refractivity contribution is 0.190. The summed E-state index contributed by atoms with van der Waals surface area (Å²) in [5.74, 6) is 0. The first kappa shape index (κ1) is 13.2. The number of likely N-dealkylation sites (N-methyl/N-ethyl adjacent to an activating group) is 1. The van der Waals surface area contributed by atoms with Gasteiger partial charge in [0.25, 0.3) is 0 Å². The average molecular weight is 202 g/mol. The molecule has 84 valence electrons. The summed E-state index contributed by atoms with van der Waals surface area (Å²) in [6.45, 7) is 3.29. The van der Waals surface area contributed by atoms with E-state index in [0.29, 0.717) is 6.54 Å². The number of aliphatic hydroxyl groups is 1. The fraction of sp³-hybridized carbons (Fsp3) is 0.900. The van der Waals surface area contributed by atoms with Crippen LogP contribution in [0.15, 0.2) is 0 Å². The predicted octanol–water partition coefficient (Wildman–Crippen LogP) is 1.20. The maximum atomic E-state index is 11.3. The van der Waals surface area contributed by atoms with Crippen LogP contribution in [0.2, 0.25) is 0 Å². The number of nitrogens with one attached hydrogen (secondary N) is 1. The molecular formula is C10H22N2O2. The molecule has 0 aromatic heterocycles. The van der Waals surface area contributed by atoms with Crippen molar-refractivity contribution >= 4 is 6.03 Å². The summed E-state index contributed by atoms with van der Waals surface area (Å²) < 4.78 is 0. The van der Waals surface area contributed by atoms with Gasteiger partial charge in [0.15, 0.2) is 0 Å². The van der Waals surface area contributed by atoms with E-state index in [4.69, 9.17) is 5.11 Å². The first-order valence-electron chi connectivity index (χ1n) is 5.32. The van der Waals surface area contributed by atoms with Crippen LogP contribution in [0, 0.1) is 0 Å². The molecule has 0 atom stereocenters.